The highest BCUT2D eigenvalue weighted by Crippen LogP contribution is 2.21. The van der Waals surface area contributed by atoms with E-state index in [0.717, 1.165) is 5.56 Å². The lowest BCUT2D eigenvalue weighted by atomic mass is 10.1. The summed E-state index contributed by atoms with van der Waals surface area (Å²) in [6.07, 6.45) is 1.42. The van der Waals surface area contributed by atoms with Gasteiger partial charge in [-0.05, 0) is 30.5 Å². The van der Waals surface area contributed by atoms with Crippen molar-refractivity contribution in [3.63, 3.8) is 0 Å². The second-order valence-corrected chi connectivity index (χ2v) is 6.54. The van der Waals surface area contributed by atoms with Gasteiger partial charge in [-0.25, -0.2) is 8.42 Å². The Hall–Kier alpha value is -0.580. The lowest BCUT2D eigenvalue weighted by molar-refractivity contribution is 0.166. The molecule has 0 saturated carbocycles. The van der Waals surface area contributed by atoms with Crippen molar-refractivity contribution in [2.24, 2.45) is 0 Å². The molecule has 1 N–H and O–H groups in total. The number of halogens is 1. The van der Waals surface area contributed by atoms with Gasteiger partial charge < -0.3 is 5.11 Å². The fourth-order valence-corrected chi connectivity index (χ4v) is 2.31. The van der Waals surface area contributed by atoms with Gasteiger partial charge in [0.1, 0.15) is 9.84 Å². The Morgan fingerprint density at radius 1 is 1.44 bits per heavy atom. The highest BCUT2D eigenvalue weighted by atomic mass is 35.5. The second kappa shape index (κ2) is 5.66. The second-order valence-electron chi connectivity index (χ2n) is 3.84. The lowest BCUT2D eigenvalue weighted by Gasteiger charge is -2.10. The van der Waals surface area contributed by atoms with Gasteiger partial charge in [-0.3, -0.25) is 0 Å². The first-order valence-electron chi connectivity index (χ1n) is 5.00. The Kier molecular flexibility index (Phi) is 4.77. The molecule has 0 saturated heterocycles. The Morgan fingerprint density at radius 2 is 2.12 bits per heavy atom. The number of benzene rings is 1. The summed E-state index contributed by atoms with van der Waals surface area (Å²) in [5, 5.41) is 10.4. The van der Waals surface area contributed by atoms with Crippen molar-refractivity contribution in [2.75, 3.05) is 12.0 Å². The van der Waals surface area contributed by atoms with Crippen LogP contribution in [-0.2, 0) is 9.84 Å². The summed E-state index contributed by atoms with van der Waals surface area (Å²) < 4.78 is 21.8. The summed E-state index contributed by atoms with van der Waals surface area (Å²) in [5.74, 6) is 0.102. The first-order valence-corrected chi connectivity index (χ1v) is 7.43. The maximum Gasteiger partial charge on any atom is 0.147 e. The van der Waals surface area contributed by atoms with Crippen molar-refractivity contribution < 1.29 is 13.5 Å². The van der Waals surface area contributed by atoms with E-state index in [9.17, 15) is 13.5 Å². The number of sulfone groups is 1. The fraction of sp³-hybridized carbons (Fsp3) is 0.455. The highest BCUT2D eigenvalue weighted by Gasteiger charge is 2.09. The van der Waals surface area contributed by atoms with Gasteiger partial charge in [-0.1, -0.05) is 23.7 Å². The zero-order chi connectivity index (χ0) is 12.2. The minimum atomic E-state index is -2.95. The van der Waals surface area contributed by atoms with Gasteiger partial charge in [0.15, 0.2) is 0 Å². The van der Waals surface area contributed by atoms with Gasteiger partial charge >= 0.3 is 0 Å². The molecule has 16 heavy (non-hydrogen) atoms. The van der Waals surface area contributed by atoms with Crippen molar-refractivity contribution in [1.29, 1.82) is 0 Å². The molecule has 1 unspecified atom stereocenters. The van der Waals surface area contributed by atoms with Crippen LogP contribution in [-0.4, -0.2) is 25.5 Å². The first kappa shape index (κ1) is 13.5. The molecule has 1 aromatic carbocycles. The Bertz CT molecular complexity index is 442. The number of hydrogen-bond acceptors (Lipinski definition) is 3. The average molecular weight is 263 g/mol. The van der Waals surface area contributed by atoms with Crippen LogP contribution in [0.2, 0.25) is 5.02 Å². The van der Waals surface area contributed by atoms with Crippen LogP contribution >= 0.6 is 11.6 Å². The molecule has 3 nitrogen and oxygen atoms in total. The third-order valence-corrected chi connectivity index (χ3v) is 3.49. The monoisotopic (exact) mass is 262 g/mol. The normalized spacial score (nSPS) is 13.7. The summed E-state index contributed by atoms with van der Waals surface area (Å²) in [5.41, 5.74) is 0.723. The Morgan fingerprint density at radius 3 is 2.69 bits per heavy atom. The minimum Gasteiger partial charge on any atom is -0.388 e. The van der Waals surface area contributed by atoms with Crippen LogP contribution in [0.25, 0.3) is 0 Å². The van der Waals surface area contributed by atoms with Crippen molar-refractivity contribution >= 4 is 21.4 Å². The zero-order valence-corrected chi connectivity index (χ0v) is 10.6. The van der Waals surface area contributed by atoms with Crippen LogP contribution in [0.15, 0.2) is 24.3 Å². The largest absolute Gasteiger partial charge is 0.388 e. The fourth-order valence-electron chi connectivity index (χ4n) is 1.42. The van der Waals surface area contributed by atoms with Crippen molar-refractivity contribution in [3.05, 3.63) is 34.9 Å². The topological polar surface area (TPSA) is 54.4 Å². The maximum atomic E-state index is 10.9. The van der Waals surface area contributed by atoms with Gasteiger partial charge in [0.05, 0.1) is 6.10 Å². The first-order chi connectivity index (χ1) is 7.38. The van der Waals surface area contributed by atoms with E-state index < -0.39 is 15.9 Å². The van der Waals surface area contributed by atoms with Gasteiger partial charge in [0.25, 0.3) is 0 Å². The van der Waals surface area contributed by atoms with E-state index >= 15 is 0 Å². The quantitative estimate of drug-likeness (QED) is 0.885. The van der Waals surface area contributed by atoms with Crippen molar-refractivity contribution in [2.45, 2.75) is 18.9 Å². The molecule has 90 valence electrons. The predicted molar refractivity (Wildman–Crippen MR) is 65.4 cm³/mol. The summed E-state index contributed by atoms with van der Waals surface area (Å²) in [6, 6.07) is 6.95. The molecule has 0 heterocycles. The van der Waals surface area contributed by atoms with Crippen LogP contribution in [0, 0.1) is 0 Å². The summed E-state index contributed by atoms with van der Waals surface area (Å²) >= 11 is 5.79. The van der Waals surface area contributed by atoms with Gasteiger partial charge in [0.2, 0.25) is 0 Å². The number of aliphatic hydroxyl groups excluding tert-OH is 1. The molecule has 0 aliphatic rings. The van der Waals surface area contributed by atoms with E-state index in [1.54, 1.807) is 24.3 Å². The molecule has 5 heteroatoms. The van der Waals surface area contributed by atoms with Crippen LogP contribution < -0.4 is 0 Å². The Balaban J connectivity index is 2.50. The van der Waals surface area contributed by atoms with E-state index in [1.165, 1.54) is 6.26 Å². The minimum absolute atomic E-state index is 0.102. The Labute approximate surface area is 101 Å². The summed E-state index contributed by atoms with van der Waals surface area (Å²) in [4.78, 5) is 0. The van der Waals surface area contributed by atoms with E-state index in [2.05, 4.69) is 0 Å². The molecular weight excluding hydrogens is 248 g/mol. The highest BCUT2D eigenvalue weighted by molar-refractivity contribution is 7.90. The molecule has 1 aromatic rings. The van der Waals surface area contributed by atoms with E-state index in [4.69, 9.17) is 11.6 Å². The molecule has 1 rings (SSSR count). The average Bonchev–Trinajstić information content (AvgIpc) is 2.15. The molecule has 0 aromatic heterocycles. The predicted octanol–water partition coefficient (Wildman–Crippen LogP) is 2.20. The van der Waals surface area contributed by atoms with Gasteiger partial charge in [0, 0.05) is 17.0 Å². The summed E-state index contributed by atoms with van der Waals surface area (Å²) in [6.45, 7) is 0. The van der Waals surface area contributed by atoms with E-state index in [1.807, 2.05) is 0 Å². The summed E-state index contributed by atoms with van der Waals surface area (Å²) in [7, 11) is -2.95. The maximum absolute atomic E-state index is 10.9. The smallest absolute Gasteiger partial charge is 0.147 e. The molecule has 0 bridgehead atoms. The third kappa shape index (κ3) is 4.96. The molecule has 0 amide bonds. The SMILES string of the molecule is CS(=O)(=O)CCCC(O)c1cccc(Cl)c1. The van der Waals surface area contributed by atoms with Gasteiger partial charge in [-0.15, -0.1) is 0 Å². The van der Waals surface area contributed by atoms with Crippen molar-refractivity contribution in [1.82, 2.24) is 0 Å². The molecular formula is C11H15ClO3S. The molecule has 0 fully saturated rings. The van der Waals surface area contributed by atoms with Crippen LogP contribution in [0.5, 0.6) is 0 Å². The molecule has 0 spiro atoms. The zero-order valence-electron chi connectivity index (χ0n) is 9.06. The molecule has 1 atom stereocenters. The third-order valence-electron chi connectivity index (χ3n) is 2.23. The van der Waals surface area contributed by atoms with Crippen LogP contribution in [0.3, 0.4) is 0 Å². The van der Waals surface area contributed by atoms with E-state index in [-0.39, 0.29) is 5.75 Å². The van der Waals surface area contributed by atoms with Crippen LogP contribution in [0.4, 0.5) is 0 Å². The van der Waals surface area contributed by atoms with Crippen molar-refractivity contribution in [3.8, 4) is 0 Å². The number of aliphatic hydroxyl groups is 1. The van der Waals surface area contributed by atoms with Gasteiger partial charge in [-0.2, -0.15) is 0 Å². The van der Waals surface area contributed by atoms with E-state index in [0.29, 0.717) is 17.9 Å². The van der Waals surface area contributed by atoms with Crippen LogP contribution in [0.1, 0.15) is 24.5 Å². The standard InChI is InChI=1S/C11H15ClO3S/c1-16(14,15)7-3-6-11(13)9-4-2-5-10(12)8-9/h2,4-5,8,11,13H,3,6-7H2,1H3. The molecule has 0 aliphatic carbocycles. The molecule has 0 radical (unpaired) electrons. The number of rotatable bonds is 5. The molecule has 0 aliphatic heterocycles. The lowest BCUT2D eigenvalue weighted by Crippen LogP contribution is -2.05. The number of hydrogen-bond donors (Lipinski definition) is 1.